The minimum atomic E-state index is 0.852. The number of rotatable bonds is 5. The quantitative estimate of drug-likeness (QED) is 0.644. The summed E-state index contributed by atoms with van der Waals surface area (Å²) in [7, 11) is 0. The first kappa shape index (κ1) is 11.1. The third kappa shape index (κ3) is 3.80. The number of nitrogens with zero attached hydrogens (tertiary/aromatic N) is 1. The Balaban J connectivity index is 2.25. The number of halogens is 1. The molecule has 0 atom stereocenters. The predicted octanol–water partition coefficient (Wildman–Crippen LogP) is 3.06. The van der Waals surface area contributed by atoms with Crippen LogP contribution in [0.1, 0.15) is 19.3 Å². The minimum absolute atomic E-state index is 0.852. The van der Waals surface area contributed by atoms with Gasteiger partial charge in [0.2, 0.25) is 0 Å². The van der Waals surface area contributed by atoms with E-state index in [1.165, 1.54) is 0 Å². The Kier molecular flexibility index (Phi) is 5.09. The molecule has 14 heavy (non-hydrogen) atoms. The third-order valence-electron chi connectivity index (χ3n) is 1.80. The van der Waals surface area contributed by atoms with Crippen LogP contribution < -0.4 is 5.32 Å². The molecular formula is C11H13BrN2. The number of nitrogens with one attached hydrogen (secondary N) is 1. The van der Waals surface area contributed by atoms with Gasteiger partial charge >= 0.3 is 0 Å². The first-order chi connectivity index (χ1) is 6.84. The Morgan fingerprint density at radius 2 is 2.36 bits per heavy atom. The summed E-state index contributed by atoms with van der Waals surface area (Å²) >= 11 is 3.42. The molecule has 0 bridgehead atoms. The third-order valence-corrected chi connectivity index (χ3v) is 2.44. The molecule has 3 heteroatoms. The maximum atomic E-state index is 5.16. The summed E-state index contributed by atoms with van der Waals surface area (Å²) in [5, 5.41) is 3.25. The fourth-order valence-corrected chi connectivity index (χ4v) is 1.47. The van der Waals surface area contributed by atoms with Crippen LogP contribution in [0.5, 0.6) is 0 Å². The molecule has 0 amide bonds. The van der Waals surface area contributed by atoms with Gasteiger partial charge in [-0.3, -0.25) is 0 Å². The molecule has 0 aliphatic rings. The van der Waals surface area contributed by atoms with Gasteiger partial charge in [0, 0.05) is 19.2 Å². The zero-order valence-electron chi connectivity index (χ0n) is 7.96. The number of hydrogen-bond donors (Lipinski definition) is 1. The molecule has 1 aromatic rings. The zero-order chi connectivity index (χ0) is 10.2. The van der Waals surface area contributed by atoms with Crippen LogP contribution in [0, 0.1) is 12.3 Å². The van der Waals surface area contributed by atoms with Crippen molar-refractivity contribution in [3.63, 3.8) is 0 Å². The second-order valence-electron chi connectivity index (χ2n) is 2.92. The summed E-state index contributed by atoms with van der Waals surface area (Å²) in [6.07, 6.45) is 9.92. The molecule has 0 aliphatic carbocycles. The van der Waals surface area contributed by atoms with Gasteiger partial charge in [-0.1, -0.05) is 0 Å². The molecule has 0 fully saturated rings. The Hall–Kier alpha value is -1.01. The van der Waals surface area contributed by atoms with E-state index in [1.54, 1.807) is 6.20 Å². The molecule has 0 aliphatic heterocycles. The number of terminal acetylenes is 1. The number of pyridine rings is 1. The molecule has 0 radical (unpaired) electrons. The van der Waals surface area contributed by atoms with E-state index in [9.17, 15) is 0 Å². The first-order valence-electron chi connectivity index (χ1n) is 4.62. The highest BCUT2D eigenvalue weighted by Crippen LogP contribution is 2.17. The first-order valence-corrected chi connectivity index (χ1v) is 5.41. The molecular weight excluding hydrogens is 240 g/mol. The van der Waals surface area contributed by atoms with Crippen molar-refractivity contribution in [1.29, 1.82) is 0 Å². The van der Waals surface area contributed by atoms with Crippen LogP contribution in [0.4, 0.5) is 5.82 Å². The van der Waals surface area contributed by atoms with Gasteiger partial charge in [0.05, 0.1) is 4.47 Å². The van der Waals surface area contributed by atoms with Gasteiger partial charge in [-0.05, 0) is 40.9 Å². The van der Waals surface area contributed by atoms with Gasteiger partial charge in [0.15, 0.2) is 0 Å². The number of unbranched alkanes of at least 4 members (excludes halogenated alkanes) is 2. The largest absolute Gasteiger partial charge is 0.369 e. The van der Waals surface area contributed by atoms with Crippen LogP contribution in [0.15, 0.2) is 22.8 Å². The average molecular weight is 253 g/mol. The smallest absolute Gasteiger partial charge is 0.140 e. The van der Waals surface area contributed by atoms with E-state index in [2.05, 4.69) is 32.2 Å². The van der Waals surface area contributed by atoms with Gasteiger partial charge in [-0.15, -0.1) is 12.3 Å². The lowest BCUT2D eigenvalue weighted by Crippen LogP contribution is -2.03. The normalized spacial score (nSPS) is 9.43. The van der Waals surface area contributed by atoms with Crippen molar-refractivity contribution >= 4 is 21.7 Å². The van der Waals surface area contributed by atoms with Crippen molar-refractivity contribution in [1.82, 2.24) is 4.98 Å². The highest BCUT2D eigenvalue weighted by Gasteiger charge is 1.97. The maximum Gasteiger partial charge on any atom is 0.140 e. The molecule has 1 rings (SSSR count). The second kappa shape index (κ2) is 6.44. The summed E-state index contributed by atoms with van der Waals surface area (Å²) in [5.74, 6) is 3.52. The van der Waals surface area contributed by atoms with Crippen LogP contribution in [0.2, 0.25) is 0 Å². The Morgan fingerprint density at radius 1 is 1.50 bits per heavy atom. The molecule has 0 spiro atoms. The van der Waals surface area contributed by atoms with Crippen LogP contribution >= 0.6 is 15.9 Å². The van der Waals surface area contributed by atoms with Crippen molar-refractivity contribution in [2.45, 2.75) is 19.3 Å². The van der Waals surface area contributed by atoms with Crippen LogP contribution in [0.3, 0.4) is 0 Å². The van der Waals surface area contributed by atoms with Crippen LogP contribution in [0.25, 0.3) is 0 Å². The van der Waals surface area contributed by atoms with Gasteiger partial charge in [0.1, 0.15) is 5.82 Å². The van der Waals surface area contributed by atoms with E-state index < -0.39 is 0 Å². The Labute approximate surface area is 93.3 Å². The lowest BCUT2D eigenvalue weighted by Gasteiger charge is -2.05. The zero-order valence-corrected chi connectivity index (χ0v) is 9.55. The van der Waals surface area contributed by atoms with Crippen molar-refractivity contribution in [2.24, 2.45) is 0 Å². The van der Waals surface area contributed by atoms with E-state index in [-0.39, 0.29) is 0 Å². The van der Waals surface area contributed by atoms with Crippen LogP contribution in [-0.2, 0) is 0 Å². The van der Waals surface area contributed by atoms with Crippen molar-refractivity contribution in [2.75, 3.05) is 11.9 Å². The number of aromatic nitrogens is 1. The van der Waals surface area contributed by atoms with Crippen LogP contribution in [-0.4, -0.2) is 11.5 Å². The topological polar surface area (TPSA) is 24.9 Å². The van der Waals surface area contributed by atoms with Gasteiger partial charge in [-0.25, -0.2) is 4.98 Å². The van der Waals surface area contributed by atoms with E-state index >= 15 is 0 Å². The molecule has 1 aromatic heterocycles. The van der Waals surface area contributed by atoms with Crippen molar-refractivity contribution in [3.8, 4) is 12.3 Å². The lowest BCUT2D eigenvalue weighted by molar-refractivity contribution is 0.787. The van der Waals surface area contributed by atoms with E-state index in [1.807, 2.05) is 12.1 Å². The molecule has 74 valence electrons. The van der Waals surface area contributed by atoms with Gasteiger partial charge < -0.3 is 5.32 Å². The molecule has 0 unspecified atom stereocenters. The van der Waals surface area contributed by atoms with Gasteiger partial charge in [-0.2, -0.15) is 0 Å². The molecule has 1 N–H and O–H groups in total. The fraction of sp³-hybridized carbons (Fsp3) is 0.364. The van der Waals surface area contributed by atoms with Crippen molar-refractivity contribution in [3.05, 3.63) is 22.8 Å². The number of hydrogen-bond acceptors (Lipinski definition) is 2. The lowest BCUT2D eigenvalue weighted by atomic mass is 10.2. The van der Waals surface area contributed by atoms with Crippen molar-refractivity contribution < 1.29 is 0 Å². The summed E-state index contributed by atoms with van der Waals surface area (Å²) in [6.45, 7) is 0.914. The molecule has 2 nitrogen and oxygen atoms in total. The summed E-state index contributed by atoms with van der Waals surface area (Å²) in [5.41, 5.74) is 0. The molecule has 0 saturated heterocycles. The average Bonchev–Trinajstić information content (AvgIpc) is 2.20. The Morgan fingerprint density at radius 3 is 3.07 bits per heavy atom. The molecule has 1 heterocycles. The Bertz CT molecular complexity index is 317. The SMILES string of the molecule is C#CCCCCNc1ncccc1Br. The highest BCUT2D eigenvalue weighted by molar-refractivity contribution is 9.10. The second-order valence-corrected chi connectivity index (χ2v) is 3.78. The summed E-state index contributed by atoms with van der Waals surface area (Å²) in [6, 6.07) is 3.87. The predicted molar refractivity (Wildman–Crippen MR) is 63.1 cm³/mol. The maximum absolute atomic E-state index is 5.16. The monoisotopic (exact) mass is 252 g/mol. The highest BCUT2D eigenvalue weighted by atomic mass is 79.9. The fourth-order valence-electron chi connectivity index (χ4n) is 1.07. The summed E-state index contributed by atoms with van der Waals surface area (Å²) in [4.78, 5) is 4.20. The summed E-state index contributed by atoms with van der Waals surface area (Å²) < 4.78 is 0.997. The van der Waals surface area contributed by atoms with E-state index in [4.69, 9.17) is 6.42 Å². The molecule has 0 aromatic carbocycles. The number of anilines is 1. The van der Waals surface area contributed by atoms with E-state index in [0.29, 0.717) is 0 Å². The molecule has 0 saturated carbocycles. The standard InChI is InChI=1S/C11H13BrN2/c1-2-3-4-5-8-13-11-10(12)7-6-9-14-11/h1,6-7,9H,3-5,8H2,(H,13,14). The van der Waals surface area contributed by atoms with E-state index in [0.717, 1.165) is 36.1 Å². The van der Waals surface area contributed by atoms with Gasteiger partial charge in [0.25, 0.3) is 0 Å². The minimum Gasteiger partial charge on any atom is -0.369 e.